The van der Waals surface area contributed by atoms with E-state index in [9.17, 15) is 4.79 Å². The quantitative estimate of drug-likeness (QED) is 0.434. The molecule has 0 saturated heterocycles. The van der Waals surface area contributed by atoms with Gasteiger partial charge in [0.1, 0.15) is 5.01 Å². The Kier molecular flexibility index (Phi) is 5.57. The van der Waals surface area contributed by atoms with E-state index in [0.717, 1.165) is 46.7 Å². The molecule has 1 aliphatic carbocycles. The molecule has 1 amide bonds. The van der Waals surface area contributed by atoms with Gasteiger partial charge in [-0.2, -0.15) is 0 Å². The number of aromatic nitrogens is 2. The zero-order chi connectivity index (χ0) is 22.1. The molecule has 2 heterocycles. The number of amides is 1. The maximum absolute atomic E-state index is 12.8. The number of rotatable bonds is 6. The first-order valence-corrected chi connectivity index (χ1v) is 11.6. The van der Waals surface area contributed by atoms with Gasteiger partial charge in [-0.3, -0.25) is 4.79 Å². The standard InChI is InChI=1S/C25H25N3O3S/c1-30-21-11-10-15(12-22(21)31-2)25-26-16(14-32-25)13-23(29)27-20-9-5-7-18-17-6-3-4-8-19(17)28-24(18)20/h3-4,6,8,10-12,14,20,28H,5,7,9,13H2,1-2H3,(H,27,29)/t20-/m1/s1. The summed E-state index contributed by atoms with van der Waals surface area (Å²) in [6.07, 6.45) is 3.32. The number of thiazole rings is 1. The molecule has 0 radical (unpaired) electrons. The molecule has 2 N–H and O–H groups in total. The maximum Gasteiger partial charge on any atom is 0.226 e. The van der Waals surface area contributed by atoms with Gasteiger partial charge >= 0.3 is 0 Å². The number of hydrogen-bond acceptors (Lipinski definition) is 5. The van der Waals surface area contributed by atoms with Crippen molar-refractivity contribution in [3.05, 3.63) is 64.8 Å². The Balaban J connectivity index is 1.30. The molecule has 0 bridgehead atoms. The molecule has 0 aliphatic heterocycles. The molecule has 6 nitrogen and oxygen atoms in total. The lowest BCUT2D eigenvalue weighted by molar-refractivity contribution is -0.121. The SMILES string of the molecule is COc1ccc(-c2nc(CC(=O)N[C@@H]3CCCc4c3[nH]c3ccccc43)cs2)cc1OC. The molecule has 2 aromatic heterocycles. The average Bonchev–Trinajstić information content (AvgIpc) is 3.44. The highest BCUT2D eigenvalue weighted by Gasteiger charge is 2.25. The molecular formula is C25H25N3O3S. The number of benzene rings is 2. The van der Waals surface area contributed by atoms with E-state index in [1.807, 2.05) is 29.6 Å². The third-order valence-electron chi connectivity index (χ3n) is 5.97. The summed E-state index contributed by atoms with van der Waals surface area (Å²) in [5, 5.41) is 7.29. The Hall–Kier alpha value is -3.32. The summed E-state index contributed by atoms with van der Waals surface area (Å²) in [5.41, 5.74) is 5.33. The van der Waals surface area contributed by atoms with Gasteiger partial charge in [0.2, 0.25) is 5.91 Å². The van der Waals surface area contributed by atoms with Crippen LogP contribution in [0.5, 0.6) is 11.5 Å². The van der Waals surface area contributed by atoms with Crippen LogP contribution in [0, 0.1) is 0 Å². The molecule has 4 aromatic rings. The molecule has 0 fully saturated rings. The fourth-order valence-corrected chi connectivity index (χ4v) is 5.28. The van der Waals surface area contributed by atoms with E-state index in [1.54, 1.807) is 14.2 Å². The number of hydrogen-bond donors (Lipinski definition) is 2. The van der Waals surface area contributed by atoms with Crippen LogP contribution in [0.4, 0.5) is 0 Å². The number of carbonyl (C=O) groups excluding carboxylic acids is 1. The van der Waals surface area contributed by atoms with Gasteiger partial charge < -0.3 is 19.8 Å². The first kappa shape index (κ1) is 20.6. The number of H-pyrrole nitrogens is 1. The van der Waals surface area contributed by atoms with Gasteiger partial charge in [-0.1, -0.05) is 18.2 Å². The smallest absolute Gasteiger partial charge is 0.226 e. The molecule has 1 aliphatic rings. The molecule has 0 spiro atoms. The molecule has 1 atom stereocenters. The minimum atomic E-state index is -0.00864. The van der Waals surface area contributed by atoms with Gasteiger partial charge in [0.25, 0.3) is 0 Å². The minimum Gasteiger partial charge on any atom is -0.493 e. The zero-order valence-corrected chi connectivity index (χ0v) is 18.9. The van der Waals surface area contributed by atoms with Crippen LogP contribution < -0.4 is 14.8 Å². The third kappa shape index (κ3) is 3.84. The molecule has 0 unspecified atom stereocenters. The summed E-state index contributed by atoms with van der Waals surface area (Å²) in [7, 11) is 3.23. The van der Waals surface area contributed by atoms with Crippen molar-refractivity contribution < 1.29 is 14.3 Å². The van der Waals surface area contributed by atoms with Crippen molar-refractivity contribution in [1.82, 2.24) is 15.3 Å². The monoisotopic (exact) mass is 447 g/mol. The van der Waals surface area contributed by atoms with Crippen molar-refractivity contribution in [2.45, 2.75) is 31.7 Å². The van der Waals surface area contributed by atoms with Gasteiger partial charge in [0.15, 0.2) is 11.5 Å². The number of aromatic amines is 1. The Labute approximate surface area is 190 Å². The van der Waals surface area contributed by atoms with E-state index in [2.05, 4.69) is 33.5 Å². The number of ether oxygens (including phenoxy) is 2. The van der Waals surface area contributed by atoms with Crippen molar-refractivity contribution in [3.8, 4) is 22.1 Å². The van der Waals surface area contributed by atoms with Gasteiger partial charge in [-0.25, -0.2) is 4.98 Å². The van der Waals surface area contributed by atoms with Crippen molar-refractivity contribution in [2.24, 2.45) is 0 Å². The second-order valence-electron chi connectivity index (χ2n) is 7.97. The number of methoxy groups -OCH3 is 2. The van der Waals surface area contributed by atoms with Gasteiger partial charge in [-0.15, -0.1) is 11.3 Å². The van der Waals surface area contributed by atoms with Gasteiger partial charge in [0.05, 0.1) is 32.4 Å². The Morgan fingerprint density at radius 2 is 2.03 bits per heavy atom. The molecule has 7 heteroatoms. The van der Waals surface area contributed by atoms with Gasteiger partial charge in [0, 0.05) is 27.5 Å². The van der Waals surface area contributed by atoms with E-state index in [-0.39, 0.29) is 18.4 Å². The van der Waals surface area contributed by atoms with Crippen LogP contribution >= 0.6 is 11.3 Å². The second kappa shape index (κ2) is 8.67. The molecule has 2 aromatic carbocycles. The van der Waals surface area contributed by atoms with Crippen molar-refractivity contribution >= 4 is 28.1 Å². The molecular weight excluding hydrogens is 422 g/mol. The number of nitrogens with zero attached hydrogens (tertiary/aromatic N) is 1. The molecule has 5 rings (SSSR count). The third-order valence-corrected chi connectivity index (χ3v) is 6.91. The summed E-state index contributed by atoms with van der Waals surface area (Å²) >= 11 is 1.52. The second-order valence-corrected chi connectivity index (χ2v) is 8.82. The lowest BCUT2D eigenvalue weighted by Gasteiger charge is -2.23. The van der Waals surface area contributed by atoms with Crippen LogP contribution in [-0.4, -0.2) is 30.1 Å². The predicted octanol–water partition coefficient (Wildman–Crippen LogP) is 5.04. The number of nitrogens with one attached hydrogen (secondary N) is 2. The van der Waals surface area contributed by atoms with E-state index in [4.69, 9.17) is 9.47 Å². The van der Waals surface area contributed by atoms with E-state index < -0.39 is 0 Å². The fourth-order valence-electron chi connectivity index (χ4n) is 4.46. The molecule has 164 valence electrons. The van der Waals surface area contributed by atoms with Crippen LogP contribution in [0.3, 0.4) is 0 Å². The number of para-hydroxylation sites is 1. The first-order chi connectivity index (χ1) is 15.7. The highest BCUT2D eigenvalue weighted by atomic mass is 32.1. The largest absolute Gasteiger partial charge is 0.493 e. The number of aryl methyl sites for hydroxylation is 1. The lowest BCUT2D eigenvalue weighted by Crippen LogP contribution is -2.32. The summed E-state index contributed by atoms with van der Waals surface area (Å²) in [4.78, 5) is 21.0. The van der Waals surface area contributed by atoms with E-state index in [1.165, 1.54) is 22.3 Å². The number of carbonyl (C=O) groups is 1. The summed E-state index contributed by atoms with van der Waals surface area (Å²) in [6, 6.07) is 14.1. The van der Waals surface area contributed by atoms with Crippen LogP contribution in [0.2, 0.25) is 0 Å². The van der Waals surface area contributed by atoms with Crippen LogP contribution in [0.25, 0.3) is 21.5 Å². The number of fused-ring (bicyclic) bond motifs is 3. The maximum atomic E-state index is 12.8. The van der Waals surface area contributed by atoms with E-state index in [0.29, 0.717) is 11.5 Å². The fraction of sp³-hybridized carbons (Fsp3) is 0.280. The topological polar surface area (TPSA) is 76.2 Å². The first-order valence-electron chi connectivity index (χ1n) is 10.7. The van der Waals surface area contributed by atoms with E-state index >= 15 is 0 Å². The van der Waals surface area contributed by atoms with Crippen LogP contribution in [0.1, 0.15) is 35.8 Å². The van der Waals surface area contributed by atoms with Crippen LogP contribution in [0.15, 0.2) is 47.8 Å². The summed E-state index contributed by atoms with van der Waals surface area (Å²) < 4.78 is 10.7. The zero-order valence-electron chi connectivity index (χ0n) is 18.1. The highest BCUT2D eigenvalue weighted by molar-refractivity contribution is 7.13. The normalized spacial score (nSPS) is 15.4. The Morgan fingerprint density at radius 1 is 1.19 bits per heavy atom. The Morgan fingerprint density at radius 3 is 2.88 bits per heavy atom. The Bertz CT molecular complexity index is 1280. The summed E-state index contributed by atoms with van der Waals surface area (Å²) in [5.74, 6) is 1.33. The van der Waals surface area contributed by atoms with Gasteiger partial charge in [-0.05, 0) is 49.1 Å². The lowest BCUT2D eigenvalue weighted by atomic mass is 9.91. The van der Waals surface area contributed by atoms with Crippen LogP contribution in [-0.2, 0) is 17.6 Å². The van der Waals surface area contributed by atoms with Crippen molar-refractivity contribution in [3.63, 3.8) is 0 Å². The van der Waals surface area contributed by atoms with Crippen molar-refractivity contribution in [2.75, 3.05) is 14.2 Å². The summed E-state index contributed by atoms with van der Waals surface area (Å²) in [6.45, 7) is 0. The predicted molar refractivity (Wildman–Crippen MR) is 126 cm³/mol. The molecule has 0 saturated carbocycles. The highest BCUT2D eigenvalue weighted by Crippen LogP contribution is 2.35. The minimum absolute atomic E-state index is 0.00864. The average molecular weight is 448 g/mol. The molecule has 32 heavy (non-hydrogen) atoms. The van der Waals surface area contributed by atoms with Crippen molar-refractivity contribution in [1.29, 1.82) is 0 Å².